The van der Waals surface area contributed by atoms with E-state index in [0.29, 0.717) is 12.2 Å². The molecular formula is C19H24O3. The Labute approximate surface area is 132 Å². The number of hydrogen-bond donors (Lipinski definition) is 2. The molecule has 0 aliphatic carbocycles. The van der Waals surface area contributed by atoms with Crippen molar-refractivity contribution in [2.75, 3.05) is 13.7 Å². The van der Waals surface area contributed by atoms with Crippen LogP contribution in [0.1, 0.15) is 28.7 Å². The minimum absolute atomic E-state index is 0.168. The van der Waals surface area contributed by atoms with Gasteiger partial charge in [-0.1, -0.05) is 35.9 Å². The molecule has 0 spiro atoms. The van der Waals surface area contributed by atoms with Crippen molar-refractivity contribution in [2.24, 2.45) is 0 Å². The first-order valence-corrected chi connectivity index (χ1v) is 7.69. The summed E-state index contributed by atoms with van der Waals surface area (Å²) in [5, 5.41) is 19.3. The van der Waals surface area contributed by atoms with Crippen LogP contribution in [0.4, 0.5) is 0 Å². The monoisotopic (exact) mass is 300 g/mol. The zero-order valence-electron chi connectivity index (χ0n) is 13.3. The molecule has 0 aromatic heterocycles. The zero-order chi connectivity index (χ0) is 15.9. The van der Waals surface area contributed by atoms with Gasteiger partial charge in [-0.15, -0.1) is 0 Å². The lowest BCUT2D eigenvalue weighted by atomic mass is 9.98. The van der Waals surface area contributed by atoms with Crippen LogP contribution >= 0.6 is 0 Å². The molecule has 3 nitrogen and oxygen atoms in total. The van der Waals surface area contributed by atoms with Gasteiger partial charge in [0, 0.05) is 6.61 Å². The SMILES string of the molecule is COc1cc(CCCO)cc(CCc2cccc(C)c2)c1O. The van der Waals surface area contributed by atoms with Gasteiger partial charge in [0.15, 0.2) is 11.5 Å². The normalized spacial score (nSPS) is 10.7. The average molecular weight is 300 g/mol. The van der Waals surface area contributed by atoms with Crippen molar-refractivity contribution in [1.82, 2.24) is 0 Å². The second kappa shape index (κ2) is 7.85. The van der Waals surface area contributed by atoms with Crippen LogP contribution in [0.5, 0.6) is 11.5 Å². The minimum Gasteiger partial charge on any atom is -0.504 e. The van der Waals surface area contributed by atoms with E-state index >= 15 is 0 Å². The minimum atomic E-state index is 0.168. The number of benzene rings is 2. The highest BCUT2D eigenvalue weighted by Gasteiger charge is 2.11. The Hall–Kier alpha value is -2.00. The van der Waals surface area contributed by atoms with Gasteiger partial charge < -0.3 is 14.9 Å². The summed E-state index contributed by atoms with van der Waals surface area (Å²) in [6.07, 6.45) is 3.14. The molecule has 0 aliphatic heterocycles. The van der Waals surface area contributed by atoms with E-state index < -0.39 is 0 Å². The van der Waals surface area contributed by atoms with Gasteiger partial charge in [0.05, 0.1) is 7.11 Å². The number of phenolic OH excluding ortho intramolecular Hbond substituents is 1. The Morgan fingerprint density at radius 1 is 1.00 bits per heavy atom. The summed E-state index contributed by atoms with van der Waals surface area (Å²) in [5.74, 6) is 0.734. The number of aryl methyl sites for hydroxylation is 4. The number of aliphatic hydroxyl groups excluding tert-OH is 1. The van der Waals surface area contributed by atoms with Gasteiger partial charge in [0.25, 0.3) is 0 Å². The van der Waals surface area contributed by atoms with E-state index in [4.69, 9.17) is 9.84 Å². The molecule has 0 aliphatic rings. The van der Waals surface area contributed by atoms with Crippen molar-refractivity contribution < 1.29 is 14.9 Å². The number of hydrogen-bond acceptors (Lipinski definition) is 3. The first-order chi connectivity index (χ1) is 10.6. The summed E-state index contributed by atoms with van der Waals surface area (Å²) >= 11 is 0. The number of phenols is 1. The smallest absolute Gasteiger partial charge is 0.161 e. The van der Waals surface area contributed by atoms with E-state index in [9.17, 15) is 5.11 Å². The van der Waals surface area contributed by atoms with E-state index in [1.165, 1.54) is 11.1 Å². The summed E-state index contributed by atoms with van der Waals surface area (Å²) < 4.78 is 5.26. The molecule has 0 heterocycles. The quantitative estimate of drug-likeness (QED) is 0.824. The molecule has 0 atom stereocenters. The van der Waals surface area contributed by atoms with Crippen LogP contribution in [-0.2, 0) is 19.3 Å². The fourth-order valence-corrected chi connectivity index (χ4v) is 2.65. The van der Waals surface area contributed by atoms with E-state index in [1.807, 2.05) is 12.1 Å². The standard InChI is InChI=1S/C19H24O3/c1-14-5-3-6-15(11-14)8-9-17-12-16(7-4-10-20)13-18(22-2)19(17)21/h3,5-6,11-13,20-21H,4,7-10H2,1-2H3. The van der Waals surface area contributed by atoms with Gasteiger partial charge >= 0.3 is 0 Å². The van der Waals surface area contributed by atoms with Crippen molar-refractivity contribution in [3.63, 3.8) is 0 Å². The lowest BCUT2D eigenvalue weighted by molar-refractivity contribution is 0.288. The first-order valence-electron chi connectivity index (χ1n) is 7.69. The molecule has 0 unspecified atom stereocenters. The number of methoxy groups -OCH3 is 1. The maximum atomic E-state index is 10.3. The van der Waals surface area contributed by atoms with Crippen LogP contribution in [0.25, 0.3) is 0 Å². The Morgan fingerprint density at radius 2 is 1.82 bits per heavy atom. The second-order valence-corrected chi connectivity index (χ2v) is 5.62. The van der Waals surface area contributed by atoms with Crippen molar-refractivity contribution >= 4 is 0 Å². The van der Waals surface area contributed by atoms with Gasteiger partial charge in [0.2, 0.25) is 0 Å². The molecule has 0 saturated heterocycles. The molecule has 0 amide bonds. The Morgan fingerprint density at radius 3 is 2.50 bits per heavy atom. The molecule has 0 saturated carbocycles. The summed E-state index contributed by atoms with van der Waals surface area (Å²) in [7, 11) is 1.56. The highest BCUT2D eigenvalue weighted by Crippen LogP contribution is 2.32. The number of ether oxygens (including phenoxy) is 1. The topological polar surface area (TPSA) is 49.7 Å². The van der Waals surface area contributed by atoms with E-state index in [-0.39, 0.29) is 12.4 Å². The highest BCUT2D eigenvalue weighted by atomic mass is 16.5. The molecule has 0 bridgehead atoms. The second-order valence-electron chi connectivity index (χ2n) is 5.62. The third-order valence-corrected chi connectivity index (χ3v) is 3.82. The summed E-state index contributed by atoms with van der Waals surface area (Å²) in [6.45, 7) is 2.25. The Bertz CT molecular complexity index is 620. The molecule has 3 heteroatoms. The van der Waals surface area contributed by atoms with Gasteiger partial charge in [0.1, 0.15) is 0 Å². The molecular weight excluding hydrogens is 276 g/mol. The molecule has 0 radical (unpaired) electrons. The maximum Gasteiger partial charge on any atom is 0.161 e. The first kappa shape index (κ1) is 16.4. The van der Waals surface area contributed by atoms with Gasteiger partial charge in [-0.05, 0) is 55.4 Å². The average Bonchev–Trinajstić information content (AvgIpc) is 2.52. The predicted octanol–water partition coefficient (Wildman–Crippen LogP) is 3.42. The Kier molecular flexibility index (Phi) is 5.84. The largest absolute Gasteiger partial charge is 0.504 e. The van der Waals surface area contributed by atoms with Crippen LogP contribution < -0.4 is 4.74 Å². The van der Waals surface area contributed by atoms with Gasteiger partial charge in [-0.2, -0.15) is 0 Å². The summed E-state index contributed by atoms with van der Waals surface area (Å²) in [5.41, 5.74) is 4.49. The predicted molar refractivity (Wildman–Crippen MR) is 88.7 cm³/mol. The van der Waals surface area contributed by atoms with Crippen LogP contribution in [0.2, 0.25) is 0 Å². The van der Waals surface area contributed by atoms with E-state index in [0.717, 1.165) is 30.4 Å². The summed E-state index contributed by atoms with van der Waals surface area (Å²) in [4.78, 5) is 0. The van der Waals surface area contributed by atoms with Gasteiger partial charge in [-0.25, -0.2) is 0 Å². The lowest BCUT2D eigenvalue weighted by Crippen LogP contribution is -1.98. The molecule has 2 aromatic carbocycles. The number of aliphatic hydroxyl groups is 1. The third-order valence-electron chi connectivity index (χ3n) is 3.82. The highest BCUT2D eigenvalue weighted by molar-refractivity contribution is 5.49. The molecule has 0 fully saturated rings. The van der Waals surface area contributed by atoms with Crippen molar-refractivity contribution in [3.8, 4) is 11.5 Å². The van der Waals surface area contributed by atoms with Crippen LogP contribution in [-0.4, -0.2) is 23.9 Å². The molecule has 22 heavy (non-hydrogen) atoms. The summed E-state index contributed by atoms with van der Waals surface area (Å²) in [6, 6.07) is 12.3. The van der Waals surface area contributed by atoms with Crippen LogP contribution in [0.3, 0.4) is 0 Å². The van der Waals surface area contributed by atoms with Crippen LogP contribution in [0, 0.1) is 6.92 Å². The van der Waals surface area contributed by atoms with E-state index in [1.54, 1.807) is 7.11 Å². The fourth-order valence-electron chi connectivity index (χ4n) is 2.65. The molecule has 2 N–H and O–H groups in total. The van der Waals surface area contributed by atoms with Gasteiger partial charge in [-0.3, -0.25) is 0 Å². The third kappa shape index (κ3) is 4.25. The van der Waals surface area contributed by atoms with Crippen molar-refractivity contribution in [2.45, 2.75) is 32.6 Å². The van der Waals surface area contributed by atoms with Crippen molar-refractivity contribution in [3.05, 3.63) is 58.7 Å². The fraction of sp³-hybridized carbons (Fsp3) is 0.368. The Balaban J connectivity index is 2.17. The van der Waals surface area contributed by atoms with Crippen LogP contribution in [0.15, 0.2) is 36.4 Å². The molecule has 2 aromatic rings. The lowest BCUT2D eigenvalue weighted by Gasteiger charge is -2.12. The number of rotatable bonds is 7. The molecule has 2 rings (SSSR count). The number of aromatic hydroxyl groups is 1. The zero-order valence-corrected chi connectivity index (χ0v) is 13.3. The molecule has 118 valence electrons. The van der Waals surface area contributed by atoms with E-state index in [2.05, 4.69) is 31.2 Å². The maximum absolute atomic E-state index is 10.3. The van der Waals surface area contributed by atoms with Crippen molar-refractivity contribution in [1.29, 1.82) is 0 Å².